The van der Waals surface area contributed by atoms with Crippen LogP contribution in [0, 0.1) is 11.6 Å². The SMILES string of the molecule is OC(CN1CCN(c2ccc(N=Cc3ccc(OCc4cccc(Cl)c4)cc3)cc2)CC1)(Cn1cncn1)c1ccc(F)cc1F. The number of piperazine rings is 1. The molecule has 4 aromatic carbocycles. The molecule has 0 aliphatic carbocycles. The maximum atomic E-state index is 14.8. The Labute approximate surface area is 271 Å². The van der Waals surface area contributed by atoms with Crippen molar-refractivity contribution in [3.8, 4) is 5.75 Å². The van der Waals surface area contributed by atoms with Gasteiger partial charge in [0.25, 0.3) is 0 Å². The van der Waals surface area contributed by atoms with Gasteiger partial charge in [-0.05, 0) is 77.9 Å². The smallest absolute Gasteiger partial charge is 0.137 e. The van der Waals surface area contributed by atoms with Crippen LogP contribution >= 0.6 is 11.6 Å². The molecule has 0 saturated carbocycles. The third-order valence-electron chi connectivity index (χ3n) is 7.93. The Balaban J connectivity index is 1.02. The highest BCUT2D eigenvalue weighted by Crippen LogP contribution is 2.29. The van der Waals surface area contributed by atoms with Gasteiger partial charge in [0.2, 0.25) is 0 Å². The van der Waals surface area contributed by atoms with E-state index in [-0.39, 0.29) is 18.7 Å². The van der Waals surface area contributed by atoms with Gasteiger partial charge in [-0.3, -0.25) is 9.89 Å². The summed E-state index contributed by atoms with van der Waals surface area (Å²) in [4.78, 5) is 12.9. The topological polar surface area (TPSA) is 79.0 Å². The van der Waals surface area contributed by atoms with Crippen LogP contribution < -0.4 is 9.64 Å². The van der Waals surface area contributed by atoms with Crippen molar-refractivity contribution in [2.24, 2.45) is 4.99 Å². The maximum absolute atomic E-state index is 14.8. The number of rotatable bonds is 11. The average Bonchev–Trinajstić information content (AvgIpc) is 3.56. The molecule has 1 atom stereocenters. The average molecular weight is 643 g/mol. The Bertz CT molecular complexity index is 1760. The first-order chi connectivity index (χ1) is 22.3. The van der Waals surface area contributed by atoms with Crippen molar-refractivity contribution >= 4 is 29.2 Å². The van der Waals surface area contributed by atoms with Gasteiger partial charge in [0.15, 0.2) is 0 Å². The summed E-state index contributed by atoms with van der Waals surface area (Å²) < 4.78 is 35.8. The molecule has 8 nitrogen and oxygen atoms in total. The lowest BCUT2D eigenvalue weighted by Gasteiger charge is -2.40. The second-order valence-corrected chi connectivity index (χ2v) is 11.7. The highest BCUT2D eigenvalue weighted by atomic mass is 35.5. The molecular formula is C35H33ClF2N6O2. The monoisotopic (exact) mass is 642 g/mol. The molecule has 2 heterocycles. The van der Waals surface area contributed by atoms with Crippen LogP contribution in [-0.2, 0) is 18.8 Å². The van der Waals surface area contributed by atoms with Crippen LogP contribution in [0.5, 0.6) is 5.75 Å². The van der Waals surface area contributed by atoms with Gasteiger partial charge in [-0.2, -0.15) is 5.10 Å². The van der Waals surface area contributed by atoms with E-state index in [0.29, 0.717) is 24.7 Å². The molecule has 6 rings (SSSR count). The maximum Gasteiger partial charge on any atom is 0.137 e. The van der Waals surface area contributed by atoms with Crippen LogP contribution in [0.3, 0.4) is 0 Å². The van der Waals surface area contributed by atoms with E-state index in [2.05, 4.69) is 24.9 Å². The molecule has 1 aliphatic heterocycles. The molecule has 0 radical (unpaired) electrons. The summed E-state index contributed by atoms with van der Waals surface area (Å²) in [5.41, 5.74) is 2.28. The lowest BCUT2D eigenvalue weighted by atomic mass is 9.92. The van der Waals surface area contributed by atoms with Gasteiger partial charge in [0, 0.05) is 61.3 Å². The summed E-state index contributed by atoms with van der Waals surface area (Å²) in [5, 5.41) is 16.5. The minimum Gasteiger partial charge on any atom is -0.489 e. The van der Waals surface area contributed by atoms with E-state index in [1.807, 2.05) is 79.0 Å². The Morgan fingerprint density at radius 3 is 2.39 bits per heavy atom. The van der Waals surface area contributed by atoms with Crippen LogP contribution in [0.25, 0.3) is 0 Å². The number of hydrogen-bond donors (Lipinski definition) is 1. The predicted molar refractivity (Wildman–Crippen MR) is 175 cm³/mol. The van der Waals surface area contributed by atoms with E-state index in [0.717, 1.165) is 53.5 Å². The van der Waals surface area contributed by atoms with Crippen LogP contribution in [-0.4, -0.2) is 63.7 Å². The Hall–Kier alpha value is -4.64. The van der Waals surface area contributed by atoms with Crippen molar-refractivity contribution in [3.05, 3.63) is 137 Å². The molecule has 1 aliphatic rings. The lowest BCUT2D eigenvalue weighted by Crippen LogP contribution is -2.52. The Kier molecular flexibility index (Phi) is 9.68. The molecule has 1 N–H and O–H groups in total. The van der Waals surface area contributed by atoms with Crippen LogP contribution in [0.15, 0.2) is 109 Å². The van der Waals surface area contributed by atoms with E-state index in [9.17, 15) is 13.9 Å². The molecule has 11 heteroatoms. The number of halogens is 3. The molecule has 0 spiro atoms. The third kappa shape index (κ3) is 7.95. The number of hydrogen-bond acceptors (Lipinski definition) is 7. The second-order valence-electron chi connectivity index (χ2n) is 11.3. The van der Waals surface area contributed by atoms with Crippen molar-refractivity contribution in [2.45, 2.75) is 18.8 Å². The minimum absolute atomic E-state index is 0.0142. The first-order valence-electron chi connectivity index (χ1n) is 14.9. The van der Waals surface area contributed by atoms with E-state index in [1.165, 1.54) is 23.4 Å². The van der Waals surface area contributed by atoms with Gasteiger partial charge in [-0.15, -0.1) is 0 Å². The highest BCUT2D eigenvalue weighted by molar-refractivity contribution is 6.30. The van der Waals surface area contributed by atoms with Gasteiger partial charge >= 0.3 is 0 Å². The molecule has 0 bridgehead atoms. The number of β-amino-alcohol motifs (C(OH)–C–C–N with tert-alkyl or cyclic N) is 1. The number of nitrogens with zero attached hydrogens (tertiary/aromatic N) is 6. The molecule has 236 valence electrons. The zero-order valence-electron chi connectivity index (χ0n) is 25.0. The fourth-order valence-electron chi connectivity index (χ4n) is 5.55. The van der Waals surface area contributed by atoms with Crippen molar-refractivity contribution < 1.29 is 18.6 Å². The summed E-state index contributed by atoms with van der Waals surface area (Å²) in [6.45, 7) is 3.34. The number of anilines is 1. The zero-order valence-corrected chi connectivity index (χ0v) is 25.8. The fraction of sp³-hybridized carbons (Fsp3) is 0.229. The van der Waals surface area contributed by atoms with Gasteiger partial charge in [0.05, 0.1) is 12.2 Å². The number of benzene rings is 4. The first kappa shape index (κ1) is 31.3. The van der Waals surface area contributed by atoms with E-state index >= 15 is 0 Å². The van der Waals surface area contributed by atoms with Crippen LogP contribution in [0.4, 0.5) is 20.2 Å². The van der Waals surface area contributed by atoms with Gasteiger partial charge in [-0.1, -0.05) is 29.8 Å². The van der Waals surface area contributed by atoms with Crippen molar-refractivity contribution in [1.29, 1.82) is 0 Å². The standard InChI is InChI=1S/C35H33ClF2N6O2/c36-28-3-1-2-27(18-28)21-46-32-11-4-26(5-12-32)20-40-30-7-9-31(10-8-30)43-16-14-42(15-17-43)22-35(45,23-44-25-39-24-41-44)33-13-6-29(37)19-34(33)38/h1-13,18-20,24-25,45H,14-17,21-23H2. The van der Waals surface area contributed by atoms with Crippen molar-refractivity contribution in [1.82, 2.24) is 19.7 Å². The minimum atomic E-state index is -1.63. The van der Waals surface area contributed by atoms with E-state index < -0.39 is 17.2 Å². The van der Waals surface area contributed by atoms with E-state index in [1.54, 1.807) is 0 Å². The second kappa shape index (κ2) is 14.2. The van der Waals surface area contributed by atoms with Crippen molar-refractivity contribution in [2.75, 3.05) is 37.6 Å². The Morgan fingerprint density at radius 2 is 1.70 bits per heavy atom. The quantitative estimate of drug-likeness (QED) is 0.172. The van der Waals surface area contributed by atoms with Gasteiger partial charge in [-0.25, -0.2) is 18.4 Å². The number of aromatic nitrogens is 3. The summed E-state index contributed by atoms with van der Waals surface area (Å²) >= 11 is 6.05. The summed E-state index contributed by atoms with van der Waals surface area (Å²) in [6.07, 6.45) is 4.64. The normalized spacial score (nSPS) is 15.3. The number of aliphatic imine (C=N–C) groups is 1. The highest BCUT2D eigenvalue weighted by Gasteiger charge is 2.36. The summed E-state index contributed by atoms with van der Waals surface area (Å²) in [6, 6.07) is 26.7. The van der Waals surface area contributed by atoms with Crippen LogP contribution in [0.2, 0.25) is 5.02 Å². The number of ether oxygens (including phenoxy) is 1. The predicted octanol–water partition coefficient (Wildman–Crippen LogP) is 6.25. The van der Waals surface area contributed by atoms with Crippen molar-refractivity contribution in [3.63, 3.8) is 0 Å². The Morgan fingerprint density at radius 1 is 0.913 bits per heavy atom. The zero-order chi connectivity index (χ0) is 31.9. The van der Waals surface area contributed by atoms with Crippen LogP contribution in [0.1, 0.15) is 16.7 Å². The summed E-state index contributed by atoms with van der Waals surface area (Å²) in [7, 11) is 0. The lowest BCUT2D eigenvalue weighted by molar-refractivity contribution is -0.0227. The molecule has 1 unspecified atom stereocenters. The van der Waals surface area contributed by atoms with Gasteiger partial charge < -0.3 is 14.7 Å². The molecule has 1 saturated heterocycles. The molecule has 5 aromatic rings. The fourth-order valence-corrected chi connectivity index (χ4v) is 5.76. The molecule has 1 aromatic heterocycles. The van der Waals surface area contributed by atoms with Gasteiger partial charge in [0.1, 0.15) is 42.2 Å². The van der Waals surface area contributed by atoms with E-state index in [4.69, 9.17) is 16.3 Å². The third-order valence-corrected chi connectivity index (χ3v) is 8.17. The molecular weight excluding hydrogens is 610 g/mol. The molecule has 0 amide bonds. The number of aliphatic hydroxyl groups is 1. The summed E-state index contributed by atoms with van der Waals surface area (Å²) in [5.74, 6) is -0.718. The molecule has 1 fully saturated rings. The molecule has 46 heavy (non-hydrogen) atoms. The largest absolute Gasteiger partial charge is 0.489 e. The first-order valence-corrected chi connectivity index (χ1v) is 15.3.